The van der Waals surface area contributed by atoms with Gasteiger partial charge in [-0.15, -0.1) is 12.4 Å². The van der Waals surface area contributed by atoms with Crippen LogP contribution in [0, 0.1) is 0 Å². The molecule has 0 aromatic heterocycles. The first kappa shape index (κ1) is 15.4. The maximum Gasteiger partial charge on any atom is 0.102 e. The lowest BCUT2D eigenvalue weighted by Crippen LogP contribution is -2.19. The SMILES string of the molecule is CN(C)CCOCC(O)c1ccccc1.Cl. The molecule has 0 aliphatic heterocycles. The zero-order valence-electron chi connectivity index (χ0n) is 9.80. The molecule has 0 bridgehead atoms. The number of ether oxygens (including phenoxy) is 1. The van der Waals surface area contributed by atoms with E-state index < -0.39 is 6.10 Å². The molecule has 4 heteroatoms. The average molecular weight is 246 g/mol. The Hall–Kier alpha value is -0.610. The van der Waals surface area contributed by atoms with Gasteiger partial charge in [-0.1, -0.05) is 30.3 Å². The van der Waals surface area contributed by atoms with Gasteiger partial charge in [0.05, 0.1) is 13.2 Å². The molecule has 0 fully saturated rings. The van der Waals surface area contributed by atoms with Crippen LogP contribution in [0.25, 0.3) is 0 Å². The van der Waals surface area contributed by atoms with E-state index in [1.165, 1.54) is 0 Å². The summed E-state index contributed by atoms with van der Waals surface area (Å²) >= 11 is 0. The van der Waals surface area contributed by atoms with Crippen molar-refractivity contribution in [2.75, 3.05) is 33.9 Å². The van der Waals surface area contributed by atoms with E-state index >= 15 is 0 Å². The molecule has 92 valence electrons. The van der Waals surface area contributed by atoms with E-state index in [0.717, 1.165) is 12.1 Å². The van der Waals surface area contributed by atoms with Crippen molar-refractivity contribution in [3.8, 4) is 0 Å². The van der Waals surface area contributed by atoms with Crippen LogP contribution in [-0.4, -0.2) is 43.9 Å². The molecule has 0 amide bonds. The number of hydrogen-bond donors (Lipinski definition) is 1. The fourth-order valence-corrected chi connectivity index (χ4v) is 1.21. The average Bonchev–Trinajstić information content (AvgIpc) is 2.25. The van der Waals surface area contributed by atoms with E-state index in [1.54, 1.807) is 0 Å². The van der Waals surface area contributed by atoms with E-state index in [2.05, 4.69) is 4.90 Å². The standard InChI is InChI=1S/C12H19NO2.ClH/c1-13(2)8-9-15-10-12(14)11-6-4-3-5-7-11;/h3-7,12,14H,8-10H2,1-2H3;1H. The van der Waals surface area contributed by atoms with Crippen LogP contribution in [0.3, 0.4) is 0 Å². The van der Waals surface area contributed by atoms with E-state index in [-0.39, 0.29) is 12.4 Å². The molecule has 0 aliphatic rings. The Morgan fingerprint density at radius 3 is 2.44 bits per heavy atom. The minimum Gasteiger partial charge on any atom is -0.386 e. The monoisotopic (exact) mass is 245 g/mol. The summed E-state index contributed by atoms with van der Waals surface area (Å²) in [6.07, 6.45) is -0.520. The first-order chi connectivity index (χ1) is 7.20. The molecular weight excluding hydrogens is 226 g/mol. The number of aliphatic hydroxyl groups excluding tert-OH is 1. The van der Waals surface area contributed by atoms with Crippen molar-refractivity contribution in [3.63, 3.8) is 0 Å². The van der Waals surface area contributed by atoms with Crippen LogP contribution in [0.4, 0.5) is 0 Å². The lowest BCUT2D eigenvalue weighted by Gasteiger charge is -2.13. The summed E-state index contributed by atoms with van der Waals surface area (Å²) in [7, 11) is 3.99. The zero-order chi connectivity index (χ0) is 11.1. The van der Waals surface area contributed by atoms with Gasteiger partial charge < -0.3 is 14.7 Å². The van der Waals surface area contributed by atoms with Crippen LogP contribution in [0.2, 0.25) is 0 Å². The van der Waals surface area contributed by atoms with Crippen molar-refractivity contribution in [2.24, 2.45) is 0 Å². The number of aliphatic hydroxyl groups is 1. The summed E-state index contributed by atoms with van der Waals surface area (Å²) in [6.45, 7) is 1.89. The molecule has 1 unspecified atom stereocenters. The summed E-state index contributed by atoms with van der Waals surface area (Å²) in [5, 5.41) is 9.75. The van der Waals surface area contributed by atoms with Crippen molar-refractivity contribution in [2.45, 2.75) is 6.10 Å². The Morgan fingerprint density at radius 1 is 1.25 bits per heavy atom. The molecule has 1 aromatic rings. The van der Waals surface area contributed by atoms with Crippen LogP contribution in [0.5, 0.6) is 0 Å². The van der Waals surface area contributed by atoms with Crippen molar-refractivity contribution in [3.05, 3.63) is 35.9 Å². The third kappa shape index (κ3) is 6.08. The molecule has 0 radical (unpaired) electrons. The Morgan fingerprint density at radius 2 is 1.88 bits per heavy atom. The van der Waals surface area contributed by atoms with Gasteiger partial charge in [0, 0.05) is 6.54 Å². The largest absolute Gasteiger partial charge is 0.386 e. The van der Waals surface area contributed by atoms with Crippen LogP contribution in [0.15, 0.2) is 30.3 Å². The number of nitrogens with zero attached hydrogens (tertiary/aromatic N) is 1. The maximum atomic E-state index is 9.75. The first-order valence-corrected chi connectivity index (χ1v) is 5.15. The van der Waals surface area contributed by atoms with Crippen molar-refractivity contribution < 1.29 is 9.84 Å². The van der Waals surface area contributed by atoms with E-state index in [1.807, 2.05) is 44.4 Å². The molecule has 1 aromatic carbocycles. The van der Waals surface area contributed by atoms with Gasteiger partial charge in [0.2, 0.25) is 0 Å². The molecule has 1 rings (SSSR count). The predicted molar refractivity (Wildman–Crippen MR) is 68.0 cm³/mol. The van der Waals surface area contributed by atoms with Crippen LogP contribution in [0.1, 0.15) is 11.7 Å². The van der Waals surface area contributed by atoms with Crippen LogP contribution >= 0.6 is 12.4 Å². The van der Waals surface area contributed by atoms with Gasteiger partial charge in [0.1, 0.15) is 6.10 Å². The van der Waals surface area contributed by atoms with Gasteiger partial charge in [-0.3, -0.25) is 0 Å². The minimum absolute atomic E-state index is 0. The molecular formula is C12H20ClNO2. The summed E-state index contributed by atoms with van der Waals surface area (Å²) in [5.74, 6) is 0. The Bertz CT molecular complexity index is 267. The van der Waals surface area contributed by atoms with E-state index in [0.29, 0.717) is 13.2 Å². The fraction of sp³-hybridized carbons (Fsp3) is 0.500. The van der Waals surface area contributed by atoms with Gasteiger partial charge in [0.25, 0.3) is 0 Å². The Labute approximate surface area is 103 Å². The topological polar surface area (TPSA) is 32.7 Å². The van der Waals surface area contributed by atoms with E-state index in [9.17, 15) is 5.11 Å². The highest BCUT2D eigenvalue weighted by Gasteiger charge is 2.06. The smallest absolute Gasteiger partial charge is 0.102 e. The molecule has 3 nitrogen and oxygen atoms in total. The number of halogens is 1. The highest BCUT2D eigenvalue weighted by molar-refractivity contribution is 5.85. The van der Waals surface area contributed by atoms with Gasteiger partial charge in [-0.05, 0) is 19.7 Å². The van der Waals surface area contributed by atoms with Gasteiger partial charge >= 0.3 is 0 Å². The van der Waals surface area contributed by atoms with E-state index in [4.69, 9.17) is 4.74 Å². The number of hydrogen-bond acceptors (Lipinski definition) is 3. The highest BCUT2D eigenvalue weighted by Crippen LogP contribution is 2.11. The van der Waals surface area contributed by atoms with Gasteiger partial charge in [-0.2, -0.15) is 0 Å². The molecule has 1 atom stereocenters. The van der Waals surface area contributed by atoms with Crippen molar-refractivity contribution in [1.29, 1.82) is 0 Å². The molecule has 0 saturated heterocycles. The number of likely N-dealkylation sites (N-methyl/N-ethyl adjacent to an activating group) is 1. The molecule has 1 N–H and O–H groups in total. The van der Waals surface area contributed by atoms with Crippen molar-refractivity contribution in [1.82, 2.24) is 4.90 Å². The molecule has 16 heavy (non-hydrogen) atoms. The maximum absolute atomic E-state index is 9.75. The molecule has 0 spiro atoms. The minimum atomic E-state index is -0.520. The zero-order valence-corrected chi connectivity index (χ0v) is 10.6. The lowest BCUT2D eigenvalue weighted by molar-refractivity contribution is 0.0306. The summed E-state index contributed by atoms with van der Waals surface area (Å²) in [4.78, 5) is 2.05. The summed E-state index contributed by atoms with van der Waals surface area (Å²) in [5.41, 5.74) is 0.905. The lowest BCUT2D eigenvalue weighted by atomic mass is 10.1. The Kier molecular flexibility index (Phi) is 8.21. The van der Waals surface area contributed by atoms with Gasteiger partial charge in [-0.25, -0.2) is 0 Å². The molecule has 0 aliphatic carbocycles. The van der Waals surface area contributed by atoms with Gasteiger partial charge in [0.15, 0.2) is 0 Å². The second-order valence-corrected chi connectivity index (χ2v) is 3.80. The van der Waals surface area contributed by atoms with Crippen molar-refractivity contribution >= 4 is 12.4 Å². The summed E-state index contributed by atoms with van der Waals surface area (Å²) < 4.78 is 5.37. The third-order valence-corrected chi connectivity index (χ3v) is 2.14. The second kappa shape index (κ2) is 8.53. The third-order valence-electron chi connectivity index (χ3n) is 2.14. The number of benzene rings is 1. The fourth-order valence-electron chi connectivity index (χ4n) is 1.21. The van der Waals surface area contributed by atoms with Crippen LogP contribution in [-0.2, 0) is 4.74 Å². The number of rotatable bonds is 6. The first-order valence-electron chi connectivity index (χ1n) is 5.15. The van der Waals surface area contributed by atoms with Crippen LogP contribution < -0.4 is 0 Å². The normalized spacial score (nSPS) is 12.2. The predicted octanol–water partition coefficient (Wildman–Crippen LogP) is 1.72. The molecule has 0 heterocycles. The molecule has 0 saturated carbocycles. The summed E-state index contributed by atoms with van der Waals surface area (Å²) in [6, 6.07) is 9.57. The Balaban J connectivity index is 0.00000225. The highest BCUT2D eigenvalue weighted by atomic mass is 35.5. The quantitative estimate of drug-likeness (QED) is 0.775. The second-order valence-electron chi connectivity index (χ2n) is 3.80.